The molecule has 0 aromatic carbocycles. The minimum Gasteiger partial charge on any atom is -0.394 e. The first-order valence-electron chi connectivity index (χ1n) is 2.73. The summed E-state index contributed by atoms with van der Waals surface area (Å²) in [5.74, 6) is 0. The number of carbonyl (C=O) groups excluding carboxylic acids is 1. The maximum Gasteiger partial charge on any atom is 0.151 e. The van der Waals surface area contributed by atoms with Crippen molar-refractivity contribution in [1.29, 1.82) is 0 Å². The Kier molecular flexibility index (Phi) is 8.25. The second-order valence-electron chi connectivity index (χ2n) is 1.87. The van der Waals surface area contributed by atoms with Crippen LogP contribution in [0, 0.1) is 0 Å². The van der Waals surface area contributed by atoms with E-state index in [4.69, 9.17) is 20.4 Å². The highest BCUT2D eigenvalue weighted by atomic mass is 79.9. The van der Waals surface area contributed by atoms with E-state index in [0.29, 0.717) is 0 Å². The van der Waals surface area contributed by atoms with Gasteiger partial charge in [-0.2, -0.15) is 0 Å². The number of halogens is 1. The summed E-state index contributed by atoms with van der Waals surface area (Å²) in [6, 6.07) is 0. The molecule has 0 amide bonds. The molecule has 0 aliphatic heterocycles. The first-order chi connectivity index (χ1) is 4.63. The van der Waals surface area contributed by atoms with Gasteiger partial charge in [-0.05, 0) is 0 Å². The first-order valence-corrected chi connectivity index (χ1v) is 2.73. The van der Waals surface area contributed by atoms with E-state index in [1.165, 1.54) is 0 Å². The minimum atomic E-state index is -1.64. The van der Waals surface area contributed by atoms with Crippen molar-refractivity contribution in [2.75, 3.05) is 6.61 Å². The molecule has 0 aliphatic rings. The zero-order valence-electron chi connectivity index (χ0n) is 5.62. The lowest BCUT2D eigenvalue weighted by Crippen LogP contribution is -2.40. The van der Waals surface area contributed by atoms with Crippen LogP contribution in [0.15, 0.2) is 0 Å². The van der Waals surface area contributed by atoms with Gasteiger partial charge < -0.3 is 25.2 Å². The van der Waals surface area contributed by atoms with Crippen LogP contribution >= 0.6 is 17.0 Å². The van der Waals surface area contributed by atoms with Crippen molar-refractivity contribution in [1.82, 2.24) is 0 Å². The maximum absolute atomic E-state index is 9.76. The Labute approximate surface area is 74.1 Å². The zero-order chi connectivity index (χ0) is 8.15. The molecule has 0 heterocycles. The van der Waals surface area contributed by atoms with Gasteiger partial charge in [-0.25, -0.2) is 0 Å². The molecule has 0 bridgehead atoms. The molecule has 0 saturated heterocycles. The number of rotatable bonds is 4. The predicted octanol–water partition coefficient (Wildman–Crippen LogP) is -2.16. The van der Waals surface area contributed by atoms with Crippen molar-refractivity contribution in [3.63, 3.8) is 0 Å². The normalized spacial score (nSPS) is 17.8. The number of aldehydes is 1. The van der Waals surface area contributed by atoms with Crippen molar-refractivity contribution in [3.05, 3.63) is 0 Å². The SMILES string of the molecule is Br.O=C[C@@H](O)[C@@H](O)[C@@H](O)CO. The Bertz CT molecular complexity index is 109. The van der Waals surface area contributed by atoms with E-state index in [1.807, 2.05) is 0 Å². The third kappa shape index (κ3) is 4.44. The van der Waals surface area contributed by atoms with E-state index >= 15 is 0 Å². The fourth-order valence-corrected chi connectivity index (χ4v) is 0.416. The van der Waals surface area contributed by atoms with Crippen LogP contribution in [-0.4, -0.2) is 51.6 Å². The van der Waals surface area contributed by atoms with E-state index in [1.54, 1.807) is 0 Å². The number of aliphatic hydroxyl groups is 4. The standard InChI is InChI=1S/C5H10O5.BrH/c6-1-3(8)5(10)4(9)2-7;/h1,3-5,7-10H,2H2;1H/t3-,4+,5-;/m1./s1. The van der Waals surface area contributed by atoms with Crippen molar-refractivity contribution in [3.8, 4) is 0 Å². The van der Waals surface area contributed by atoms with Gasteiger partial charge in [0.1, 0.15) is 18.3 Å². The summed E-state index contributed by atoms with van der Waals surface area (Å²) in [6.07, 6.45) is -4.63. The molecular weight excluding hydrogens is 220 g/mol. The van der Waals surface area contributed by atoms with Gasteiger partial charge in [0.25, 0.3) is 0 Å². The summed E-state index contributed by atoms with van der Waals surface area (Å²) in [5.41, 5.74) is 0. The Morgan fingerprint density at radius 2 is 1.73 bits per heavy atom. The Balaban J connectivity index is 0. The summed E-state index contributed by atoms with van der Waals surface area (Å²) in [4.78, 5) is 9.76. The second kappa shape index (κ2) is 6.68. The molecule has 11 heavy (non-hydrogen) atoms. The molecule has 3 atom stereocenters. The highest BCUT2D eigenvalue weighted by molar-refractivity contribution is 8.93. The number of aliphatic hydroxyl groups excluding tert-OH is 4. The van der Waals surface area contributed by atoms with E-state index in [9.17, 15) is 4.79 Å². The van der Waals surface area contributed by atoms with E-state index < -0.39 is 24.9 Å². The molecule has 0 radical (unpaired) electrons. The van der Waals surface area contributed by atoms with Gasteiger partial charge in [-0.3, -0.25) is 0 Å². The smallest absolute Gasteiger partial charge is 0.151 e. The van der Waals surface area contributed by atoms with Crippen LogP contribution in [0.25, 0.3) is 0 Å². The Morgan fingerprint density at radius 1 is 1.27 bits per heavy atom. The molecule has 68 valence electrons. The lowest BCUT2D eigenvalue weighted by Gasteiger charge is -2.16. The largest absolute Gasteiger partial charge is 0.394 e. The molecular formula is C5H11BrO5. The van der Waals surface area contributed by atoms with Crippen LogP contribution in [0.5, 0.6) is 0 Å². The van der Waals surface area contributed by atoms with Crippen LogP contribution in [0.2, 0.25) is 0 Å². The number of hydrogen-bond acceptors (Lipinski definition) is 5. The highest BCUT2D eigenvalue weighted by Crippen LogP contribution is 1.96. The van der Waals surface area contributed by atoms with E-state index in [2.05, 4.69) is 0 Å². The minimum absolute atomic E-state index is 0. The molecule has 0 fully saturated rings. The molecule has 6 heteroatoms. The summed E-state index contributed by atoms with van der Waals surface area (Å²) in [7, 11) is 0. The Morgan fingerprint density at radius 3 is 2.00 bits per heavy atom. The molecule has 0 rings (SSSR count). The number of hydrogen-bond donors (Lipinski definition) is 4. The number of carbonyl (C=O) groups is 1. The molecule has 0 aromatic heterocycles. The predicted molar refractivity (Wildman–Crippen MR) is 41.5 cm³/mol. The lowest BCUT2D eigenvalue weighted by molar-refractivity contribution is -0.127. The molecule has 4 N–H and O–H groups in total. The average Bonchev–Trinajstić information content (AvgIpc) is 2.00. The van der Waals surface area contributed by atoms with Crippen LogP contribution in [0.4, 0.5) is 0 Å². The lowest BCUT2D eigenvalue weighted by atomic mass is 10.1. The van der Waals surface area contributed by atoms with Crippen molar-refractivity contribution < 1.29 is 25.2 Å². The monoisotopic (exact) mass is 230 g/mol. The van der Waals surface area contributed by atoms with E-state index in [-0.39, 0.29) is 23.3 Å². The van der Waals surface area contributed by atoms with E-state index in [0.717, 1.165) is 0 Å². The van der Waals surface area contributed by atoms with Crippen LogP contribution in [-0.2, 0) is 4.79 Å². The van der Waals surface area contributed by atoms with Gasteiger partial charge in [-0.1, -0.05) is 0 Å². The van der Waals surface area contributed by atoms with Gasteiger partial charge >= 0.3 is 0 Å². The zero-order valence-corrected chi connectivity index (χ0v) is 7.33. The molecule has 0 spiro atoms. The van der Waals surface area contributed by atoms with Crippen molar-refractivity contribution in [2.45, 2.75) is 18.3 Å². The molecule has 0 saturated carbocycles. The molecule has 5 nitrogen and oxygen atoms in total. The third-order valence-corrected chi connectivity index (χ3v) is 1.07. The van der Waals surface area contributed by atoms with Gasteiger partial charge in [0.05, 0.1) is 6.61 Å². The Hall–Kier alpha value is -0.0100. The maximum atomic E-state index is 9.76. The van der Waals surface area contributed by atoms with Crippen LogP contribution < -0.4 is 0 Å². The quantitative estimate of drug-likeness (QED) is 0.413. The molecule has 0 aromatic rings. The summed E-state index contributed by atoms with van der Waals surface area (Å²) >= 11 is 0. The third-order valence-electron chi connectivity index (χ3n) is 1.07. The van der Waals surface area contributed by atoms with Gasteiger partial charge in [0, 0.05) is 0 Å². The highest BCUT2D eigenvalue weighted by Gasteiger charge is 2.22. The molecule has 0 unspecified atom stereocenters. The fraction of sp³-hybridized carbons (Fsp3) is 0.800. The van der Waals surface area contributed by atoms with Gasteiger partial charge in [0.15, 0.2) is 6.29 Å². The summed E-state index contributed by atoms with van der Waals surface area (Å²) < 4.78 is 0. The first kappa shape index (κ1) is 13.6. The van der Waals surface area contributed by atoms with Gasteiger partial charge in [0.2, 0.25) is 0 Å². The van der Waals surface area contributed by atoms with Crippen LogP contribution in [0.3, 0.4) is 0 Å². The second-order valence-corrected chi connectivity index (χ2v) is 1.87. The van der Waals surface area contributed by atoms with Crippen LogP contribution in [0.1, 0.15) is 0 Å². The topological polar surface area (TPSA) is 98.0 Å². The summed E-state index contributed by atoms with van der Waals surface area (Å²) in [5, 5.41) is 34.1. The molecule has 0 aliphatic carbocycles. The average molecular weight is 231 g/mol. The van der Waals surface area contributed by atoms with Gasteiger partial charge in [-0.15, -0.1) is 17.0 Å². The van der Waals surface area contributed by atoms with Crippen molar-refractivity contribution in [2.24, 2.45) is 0 Å². The van der Waals surface area contributed by atoms with Crippen molar-refractivity contribution >= 4 is 23.3 Å². The summed E-state index contributed by atoms with van der Waals surface area (Å²) in [6.45, 7) is -0.688. The fourth-order valence-electron chi connectivity index (χ4n) is 0.416.